The van der Waals surface area contributed by atoms with Crippen molar-refractivity contribution in [2.24, 2.45) is 23.7 Å². The minimum atomic E-state index is -0.223. The van der Waals surface area contributed by atoms with E-state index in [1.54, 1.807) is 0 Å². The number of rotatable bonds is 1. The quantitative estimate of drug-likeness (QED) is 0.567. The standard InChI is InChI=1S/C18H16BrNO2/c1-9(2)14-10-7-8-11(14)16-15(10)17(21)20(18(16)22)13-6-4-3-5-12(13)19/h3-8,10-11,15-16H,1-2H3/t10-,11+,15-,16-/m0/s1. The van der Waals surface area contributed by atoms with Gasteiger partial charge in [-0.2, -0.15) is 0 Å². The van der Waals surface area contributed by atoms with E-state index >= 15 is 0 Å². The Bertz CT molecular complexity index is 726. The van der Waals surface area contributed by atoms with Gasteiger partial charge in [0, 0.05) is 16.3 Å². The number of carbonyl (C=O) groups excluding carboxylic acids is 2. The van der Waals surface area contributed by atoms with Crippen molar-refractivity contribution in [3.05, 3.63) is 52.0 Å². The first kappa shape index (κ1) is 13.9. The molecule has 4 heteroatoms. The van der Waals surface area contributed by atoms with Gasteiger partial charge in [-0.25, -0.2) is 4.90 Å². The van der Waals surface area contributed by atoms with Gasteiger partial charge in [-0.15, -0.1) is 0 Å². The average Bonchev–Trinajstić information content (AvgIpc) is 3.11. The molecule has 4 atom stereocenters. The second-order valence-electron chi connectivity index (χ2n) is 6.41. The summed E-state index contributed by atoms with van der Waals surface area (Å²) in [6.45, 7) is 4.15. The molecule has 112 valence electrons. The molecule has 3 aliphatic rings. The number of benzene rings is 1. The summed E-state index contributed by atoms with van der Waals surface area (Å²) in [5.41, 5.74) is 3.18. The number of amides is 2. The lowest BCUT2D eigenvalue weighted by Gasteiger charge is -2.20. The fourth-order valence-electron chi connectivity index (χ4n) is 4.30. The van der Waals surface area contributed by atoms with Crippen LogP contribution < -0.4 is 4.90 Å². The van der Waals surface area contributed by atoms with Crippen LogP contribution in [0.4, 0.5) is 5.69 Å². The first-order valence-electron chi connectivity index (χ1n) is 7.50. The topological polar surface area (TPSA) is 37.4 Å². The Morgan fingerprint density at radius 2 is 1.55 bits per heavy atom. The predicted octanol–water partition coefficient (Wildman–Crippen LogP) is 3.71. The van der Waals surface area contributed by atoms with Crippen LogP contribution >= 0.6 is 15.9 Å². The number of hydrogen-bond acceptors (Lipinski definition) is 2. The van der Waals surface area contributed by atoms with Crippen molar-refractivity contribution in [2.45, 2.75) is 13.8 Å². The van der Waals surface area contributed by atoms with Crippen molar-refractivity contribution in [3.8, 4) is 0 Å². The molecular weight excluding hydrogens is 342 g/mol. The third-order valence-electron chi connectivity index (χ3n) is 5.09. The Morgan fingerprint density at radius 3 is 2.05 bits per heavy atom. The Morgan fingerprint density at radius 1 is 1.00 bits per heavy atom. The molecule has 1 aromatic carbocycles. The lowest BCUT2D eigenvalue weighted by Crippen LogP contribution is -2.33. The molecule has 1 aromatic rings. The fraction of sp³-hybridized carbons (Fsp3) is 0.333. The van der Waals surface area contributed by atoms with E-state index in [4.69, 9.17) is 0 Å². The van der Waals surface area contributed by atoms with E-state index in [1.807, 2.05) is 24.3 Å². The Labute approximate surface area is 137 Å². The lowest BCUT2D eigenvalue weighted by molar-refractivity contribution is -0.122. The van der Waals surface area contributed by atoms with Gasteiger partial charge in [0.25, 0.3) is 0 Å². The van der Waals surface area contributed by atoms with Crippen molar-refractivity contribution in [1.29, 1.82) is 0 Å². The van der Waals surface area contributed by atoms with E-state index in [-0.39, 0.29) is 35.5 Å². The highest BCUT2D eigenvalue weighted by molar-refractivity contribution is 9.10. The van der Waals surface area contributed by atoms with Gasteiger partial charge in [-0.1, -0.05) is 35.4 Å². The van der Waals surface area contributed by atoms with Crippen LogP contribution in [-0.4, -0.2) is 11.8 Å². The number of allylic oxidation sites excluding steroid dienone is 4. The summed E-state index contributed by atoms with van der Waals surface area (Å²) in [5, 5.41) is 0. The molecule has 2 amide bonds. The third kappa shape index (κ3) is 1.62. The lowest BCUT2D eigenvalue weighted by atomic mass is 9.85. The van der Waals surface area contributed by atoms with Gasteiger partial charge < -0.3 is 0 Å². The van der Waals surface area contributed by atoms with E-state index in [0.29, 0.717) is 5.69 Å². The maximum atomic E-state index is 12.9. The minimum absolute atomic E-state index is 0.0579. The molecule has 3 nitrogen and oxygen atoms in total. The highest BCUT2D eigenvalue weighted by Crippen LogP contribution is 2.57. The number of anilines is 1. The maximum absolute atomic E-state index is 12.9. The second-order valence-corrected chi connectivity index (χ2v) is 7.26. The zero-order valence-electron chi connectivity index (χ0n) is 12.4. The van der Waals surface area contributed by atoms with Crippen LogP contribution in [-0.2, 0) is 9.59 Å². The molecular formula is C18H16BrNO2. The number of para-hydroxylation sites is 1. The van der Waals surface area contributed by atoms with E-state index < -0.39 is 0 Å². The molecule has 2 fully saturated rings. The monoisotopic (exact) mass is 357 g/mol. The number of carbonyl (C=O) groups is 2. The predicted molar refractivity (Wildman–Crippen MR) is 88.1 cm³/mol. The summed E-state index contributed by atoms with van der Waals surface area (Å²) >= 11 is 3.45. The molecule has 0 aromatic heterocycles. The number of fused-ring (bicyclic) bond motifs is 5. The number of imide groups is 1. The van der Waals surface area contributed by atoms with Crippen molar-refractivity contribution in [3.63, 3.8) is 0 Å². The molecule has 2 aliphatic carbocycles. The van der Waals surface area contributed by atoms with E-state index in [2.05, 4.69) is 41.9 Å². The molecule has 0 unspecified atom stereocenters. The van der Waals surface area contributed by atoms with Crippen LogP contribution in [0.5, 0.6) is 0 Å². The van der Waals surface area contributed by atoms with E-state index in [1.165, 1.54) is 16.0 Å². The Hall–Kier alpha value is -1.68. The molecule has 2 bridgehead atoms. The Kier molecular flexibility index (Phi) is 2.95. The summed E-state index contributed by atoms with van der Waals surface area (Å²) in [4.78, 5) is 27.3. The average molecular weight is 358 g/mol. The molecule has 4 rings (SSSR count). The molecule has 1 heterocycles. The maximum Gasteiger partial charge on any atom is 0.238 e. The van der Waals surface area contributed by atoms with Crippen molar-refractivity contribution in [1.82, 2.24) is 0 Å². The number of halogens is 1. The summed E-state index contributed by atoms with van der Waals surface area (Å²) < 4.78 is 0.777. The van der Waals surface area contributed by atoms with Crippen LogP contribution in [0.1, 0.15) is 13.8 Å². The van der Waals surface area contributed by atoms with Gasteiger partial charge in [0.2, 0.25) is 11.8 Å². The zero-order valence-corrected chi connectivity index (χ0v) is 14.0. The van der Waals surface area contributed by atoms with Crippen LogP contribution in [0.25, 0.3) is 0 Å². The minimum Gasteiger partial charge on any atom is -0.274 e. The van der Waals surface area contributed by atoms with E-state index in [9.17, 15) is 9.59 Å². The summed E-state index contributed by atoms with van der Waals surface area (Å²) in [6, 6.07) is 7.41. The van der Waals surface area contributed by atoms with Gasteiger partial charge in [0.1, 0.15) is 0 Å². The molecule has 0 spiro atoms. The molecule has 22 heavy (non-hydrogen) atoms. The van der Waals surface area contributed by atoms with Crippen LogP contribution in [0.3, 0.4) is 0 Å². The summed E-state index contributed by atoms with van der Waals surface area (Å²) in [7, 11) is 0. The van der Waals surface area contributed by atoms with Gasteiger partial charge >= 0.3 is 0 Å². The first-order chi connectivity index (χ1) is 10.5. The van der Waals surface area contributed by atoms with Crippen molar-refractivity contribution < 1.29 is 9.59 Å². The number of nitrogens with zero attached hydrogens (tertiary/aromatic N) is 1. The van der Waals surface area contributed by atoms with Crippen LogP contribution in [0.15, 0.2) is 52.0 Å². The first-order valence-corrected chi connectivity index (χ1v) is 8.29. The SMILES string of the molecule is CC(C)=C1[C@H]2C=C[C@@H]1[C@@H]1C(=O)N(c3ccccc3Br)C(=O)[C@H]12. The van der Waals surface area contributed by atoms with Crippen LogP contribution in [0, 0.1) is 23.7 Å². The highest BCUT2D eigenvalue weighted by Gasteiger charge is 2.62. The molecule has 0 radical (unpaired) electrons. The zero-order chi connectivity index (χ0) is 15.6. The third-order valence-corrected chi connectivity index (χ3v) is 5.76. The van der Waals surface area contributed by atoms with E-state index in [0.717, 1.165) is 4.47 Å². The second kappa shape index (κ2) is 4.66. The molecule has 1 aliphatic heterocycles. The van der Waals surface area contributed by atoms with Gasteiger partial charge in [0.05, 0.1) is 17.5 Å². The Balaban J connectivity index is 1.80. The summed E-state index contributed by atoms with van der Waals surface area (Å²) in [6.07, 6.45) is 4.23. The molecule has 1 saturated heterocycles. The van der Waals surface area contributed by atoms with Gasteiger partial charge in [-0.3, -0.25) is 9.59 Å². The largest absolute Gasteiger partial charge is 0.274 e. The van der Waals surface area contributed by atoms with Crippen LogP contribution in [0.2, 0.25) is 0 Å². The fourth-order valence-corrected chi connectivity index (χ4v) is 4.76. The van der Waals surface area contributed by atoms with Gasteiger partial charge in [0.15, 0.2) is 0 Å². The van der Waals surface area contributed by atoms with Crippen molar-refractivity contribution in [2.75, 3.05) is 4.90 Å². The summed E-state index contributed by atoms with van der Waals surface area (Å²) in [5.74, 6) is -0.359. The number of hydrogen-bond donors (Lipinski definition) is 0. The van der Waals surface area contributed by atoms with Gasteiger partial charge in [-0.05, 0) is 41.9 Å². The smallest absolute Gasteiger partial charge is 0.238 e. The van der Waals surface area contributed by atoms with Crippen molar-refractivity contribution >= 4 is 33.4 Å². The molecule has 1 saturated carbocycles. The molecule has 0 N–H and O–H groups in total. The normalized spacial score (nSPS) is 32.1. The highest BCUT2D eigenvalue weighted by atomic mass is 79.9.